The number of carbonyl (C=O) groups excluding carboxylic acids is 2. The van der Waals surface area contributed by atoms with Crippen LogP contribution in [0.25, 0.3) is 0 Å². The zero-order chi connectivity index (χ0) is 17.8. The van der Waals surface area contributed by atoms with E-state index in [1.54, 1.807) is 0 Å². The Morgan fingerprint density at radius 1 is 1.04 bits per heavy atom. The molecule has 2 rings (SSSR count). The summed E-state index contributed by atoms with van der Waals surface area (Å²) in [4.78, 5) is 19.0. The van der Waals surface area contributed by atoms with Gasteiger partial charge in [-0.25, -0.2) is 0 Å². The highest BCUT2D eigenvalue weighted by atomic mass is 16.4. The van der Waals surface area contributed by atoms with Gasteiger partial charge < -0.3 is 20.7 Å². The molecule has 4 N–H and O–H groups in total. The van der Waals surface area contributed by atoms with Gasteiger partial charge in [-0.3, -0.25) is 0 Å². The van der Waals surface area contributed by atoms with E-state index in [4.69, 9.17) is 25.4 Å². The van der Waals surface area contributed by atoms with Crippen LogP contribution in [0, 0.1) is 5.92 Å². The van der Waals surface area contributed by atoms with Gasteiger partial charge >= 0.3 is 13.3 Å². The summed E-state index contributed by atoms with van der Waals surface area (Å²) in [5, 5.41) is 17.7. The smallest absolute Gasteiger partial charge is 0.427 e. The quantitative estimate of drug-likeness (QED) is 0.478. The molecule has 2 fully saturated rings. The Morgan fingerprint density at radius 2 is 1.62 bits per heavy atom. The second-order valence-corrected chi connectivity index (χ2v) is 7.18. The van der Waals surface area contributed by atoms with Crippen molar-refractivity contribution in [3.63, 3.8) is 0 Å². The standard InChI is InChI=1S/C16H33BN2O2.CO2/c18-16(8-4-5-11-17(20)21)14-9-12-19(13-10-14)15-6-2-1-3-7-15;2-1-3/h14-16,20-21H,1-13,18H2;. The predicted octanol–water partition coefficient (Wildman–Crippen LogP) is 1.42. The van der Waals surface area contributed by atoms with E-state index in [-0.39, 0.29) is 6.15 Å². The highest BCUT2D eigenvalue weighted by molar-refractivity contribution is 6.40. The van der Waals surface area contributed by atoms with E-state index >= 15 is 0 Å². The summed E-state index contributed by atoms with van der Waals surface area (Å²) in [6.45, 7) is 2.47. The van der Waals surface area contributed by atoms with Crippen LogP contribution in [0.15, 0.2) is 0 Å². The van der Waals surface area contributed by atoms with E-state index in [2.05, 4.69) is 4.90 Å². The maximum absolute atomic E-state index is 8.84. The molecule has 6 nitrogen and oxygen atoms in total. The van der Waals surface area contributed by atoms with Crippen molar-refractivity contribution < 1.29 is 19.6 Å². The fourth-order valence-corrected chi connectivity index (χ4v) is 4.10. The second-order valence-electron chi connectivity index (χ2n) is 7.18. The van der Waals surface area contributed by atoms with Crippen molar-refractivity contribution in [2.45, 2.75) is 82.6 Å². The largest absolute Gasteiger partial charge is 0.451 e. The molecule has 1 saturated heterocycles. The molecule has 138 valence electrons. The van der Waals surface area contributed by atoms with Crippen LogP contribution in [-0.4, -0.2) is 53.4 Å². The molecule has 1 aliphatic carbocycles. The van der Waals surface area contributed by atoms with E-state index < -0.39 is 7.12 Å². The number of unbranched alkanes of at least 4 members (excludes halogenated alkanes) is 1. The normalized spacial score (nSPS) is 21.5. The molecule has 1 heterocycles. The minimum Gasteiger partial charge on any atom is -0.427 e. The summed E-state index contributed by atoms with van der Waals surface area (Å²) >= 11 is 0. The molecule has 1 atom stereocenters. The van der Waals surface area contributed by atoms with Crippen LogP contribution in [0.2, 0.25) is 6.32 Å². The zero-order valence-corrected chi connectivity index (χ0v) is 14.7. The van der Waals surface area contributed by atoms with Crippen LogP contribution in [-0.2, 0) is 9.59 Å². The first-order valence-corrected chi connectivity index (χ1v) is 9.43. The predicted molar refractivity (Wildman–Crippen MR) is 93.0 cm³/mol. The fourth-order valence-electron chi connectivity index (χ4n) is 4.10. The molecule has 0 spiro atoms. The van der Waals surface area contributed by atoms with E-state index in [0.29, 0.717) is 18.3 Å². The fraction of sp³-hybridized carbons (Fsp3) is 0.941. The zero-order valence-electron chi connectivity index (χ0n) is 14.7. The lowest BCUT2D eigenvalue weighted by Gasteiger charge is -2.40. The number of piperidine rings is 1. The Kier molecular flexibility index (Phi) is 11.2. The van der Waals surface area contributed by atoms with Gasteiger partial charge in [-0.15, -0.1) is 0 Å². The third kappa shape index (κ3) is 8.40. The molecule has 7 heteroatoms. The van der Waals surface area contributed by atoms with Crippen LogP contribution in [0.3, 0.4) is 0 Å². The lowest BCUT2D eigenvalue weighted by atomic mass is 9.81. The van der Waals surface area contributed by atoms with Crippen molar-refractivity contribution in [2.24, 2.45) is 11.7 Å². The third-order valence-corrected chi connectivity index (χ3v) is 5.52. The molecule has 0 aromatic heterocycles. The van der Waals surface area contributed by atoms with Crippen molar-refractivity contribution >= 4 is 13.3 Å². The molecule has 1 saturated carbocycles. The molecular formula is C17H33BN2O4. The molecule has 0 aromatic carbocycles. The van der Waals surface area contributed by atoms with Gasteiger partial charge in [0.1, 0.15) is 0 Å². The minimum absolute atomic E-state index is 0.250. The van der Waals surface area contributed by atoms with E-state index in [0.717, 1.165) is 25.3 Å². The van der Waals surface area contributed by atoms with Gasteiger partial charge in [-0.2, -0.15) is 9.59 Å². The topological polar surface area (TPSA) is 104 Å². The number of nitrogens with zero attached hydrogens (tertiary/aromatic N) is 1. The van der Waals surface area contributed by atoms with Gasteiger partial charge in [0.25, 0.3) is 0 Å². The molecule has 1 aliphatic heterocycles. The number of hydrogen-bond donors (Lipinski definition) is 3. The summed E-state index contributed by atoms with van der Waals surface area (Å²) in [5.74, 6) is 0.670. The Hall–Kier alpha value is -0.715. The monoisotopic (exact) mass is 340 g/mol. The number of rotatable bonds is 7. The summed E-state index contributed by atoms with van der Waals surface area (Å²) in [6.07, 6.45) is 13.2. The SMILES string of the molecule is NC(CCCCB(O)O)C1CCN(C2CCCCC2)CC1.O=C=O. The van der Waals surface area contributed by atoms with Gasteiger partial charge in [0.2, 0.25) is 0 Å². The first kappa shape index (κ1) is 21.3. The Morgan fingerprint density at radius 3 is 2.17 bits per heavy atom. The number of hydrogen-bond acceptors (Lipinski definition) is 6. The summed E-state index contributed by atoms with van der Waals surface area (Å²) in [6, 6.07) is 1.15. The van der Waals surface area contributed by atoms with E-state index in [9.17, 15) is 0 Å². The van der Waals surface area contributed by atoms with Gasteiger partial charge in [-0.1, -0.05) is 32.1 Å². The third-order valence-electron chi connectivity index (χ3n) is 5.52. The van der Waals surface area contributed by atoms with Crippen molar-refractivity contribution in [1.29, 1.82) is 0 Å². The average Bonchev–Trinajstić information content (AvgIpc) is 2.60. The van der Waals surface area contributed by atoms with Crippen LogP contribution in [0.5, 0.6) is 0 Å². The average molecular weight is 340 g/mol. The molecule has 0 radical (unpaired) electrons. The van der Waals surface area contributed by atoms with E-state index in [1.165, 1.54) is 58.0 Å². The highest BCUT2D eigenvalue weighted by Crippen LogP contribution is 2.28. The summed E-state index contributed by atoms with van der Waals surface area (Å²) in [5.41, 5.74) is 6.35. The minimum atomic E-state index is -1.15. The lowest BCUT2D eigenvalue weighted by Crippen LogP contribution is -2.45. The van der Waals surface area contributed by atoms with Crippen molar-refractivity contribution in [2.75, 3.05) is 13.1 Å². The van der Waals surface area contributed by atoms with Crippen molar-refractivity contribution in [1.82, 2.24) is 4.90 Å². The maximum atomic E-state index is 8.84. The Balaban J connectivity index is 0.000000891. The van der Waals surface area contributed by atoms with E-state index in [1.807, 2.05) is 0 Å². The van der Waals surface area contributed by atoms with Crippen LogP contribution < -0.4 is 5.73 Å². The number of nitrogens with two attached hydrogens (primary N) is 1. The highest BCUT2D eigenvalue weighted by Gasteiger charge is 2.28. The molecule has 2 aliphatic rings. The van der Waals surface area contributed by atoms with Gasteiger partial charge in [0.05, 0.1) is 0 Å². The van der Waals surface area contributed by atoms with Crippen LogP contribution >= 0.6 is 0 Å². The first-order chi connectivity index (χ1) is 11.6. The van der Waals surface area contributed by atoms with Gasteiger partial charge in [-0.05, 0) is 57.4 Å². The number of likely N-dealkylation sites (tertiary alicyclic amines) is 1. The maximum Gasteiger partial charge on any atom is 0.451 e. The molecular weight excluding hydrogens is 307 g/mol. The molecule has 0 amide bonds. The lowest BCUT2D eigenvalue weighted by molar-refractivity contribution is -0.191. The first-order valence-electron chi connectivity index (χ1n) is 9.43. The molecule has 24 heavy (non-hydrogen) atoms. The van der Waals surface area contributed by atoms with Crippen molar-refractivity contribution in [3.8, 4) is 0 Å². The van der Waals surface area contributed by atoms with Crippen LogP contribution in [0.4, 0.5) is 0 Å². The van der Waals surface area contributed by atoms with Crippen LogP contribution in [0.1, 0.15) is 64.2 Å². The van der Waals surface area contributed by atoms with Gasteiger partial charge in [0, 0.05) is 12.1 Å². The molecule has 0 bridgehead atoms. The summed E-state index contributed by atoms with van der Waals surface area (Å²) in [7, 11) is -1.15. The molecule has 0 aromatic rings. The Bertz CT molecular complexity index is 350. The summed E-state index contributed by atoms with van der Waals surface area (Å²) < 4.78 is 0. The second kappa shape index (κ2) is 12.6. The Labute approximate surface area is 145 Å². The molecule has 1 unspecified atom stereocenters. The van der Waals surface area contributed by atoms with Crippen molar-refractivity contribution in [3.05, 3.63) is 0 Å². The van der Waals surface area contributed by atoms with Gasteiger partial charge in [0.15, 0.2) is 0 Å².